The first-order valence-electron chi connectivity index (χ1n) is 18.5. The van der Waals surface area contributed by atoms with Crippen molar-refractivity contribution in [1.29, 1.82) is 0 Å². The molecule has 0 aromatic heterocycles. The highest BCUT2D eigenvalue weighted by atomic mass is 31.2. The highest BCUT2D eigenvalue weighted by Gasteiger charge is 2.44. The second-order valence-corrected chi connectivity index (χ2v) is 15.2. The molecule has 0 rings (SSSR count). The van der Waals surface area contributed by atoms with Crippen LogP contribution in [0, 0.1) is 0 Å². The Morgan fingerprint density at radius 2 is 0.525 bits per heavy atom. The summed E-state index contributed by atoms with van der Waals surface area (Å²) in [6, 6.07) is 0. The lowest BCUT2D eigenvalue weighted by atomic mass is 9.88. The summed E-state index contributed by atoms with van der Waals surface area (Å²) in [5, 5.41) is -0.769. The summed E-state index contributed by atoms with van der Waals surface area (Å²) < 4.78 is 13.0. The highest BCUT2D eigenvalue weighted by Crippen LogP contribution is 2.58. The van der Waals surface area contributed by atoms with Gasteiger partial charge in [-0.05, 0) is 19.3 Å². The van der Waals surface area contributed by atoms with E-state index in [1.54, 1.807) is 0 Å². The first-order chi connectivity index (χ1) is 19.4. The van der Waals surface area contributed by atoms with E-state index in [1.165, 1.54) is 148 Å². The fraction of sp³-hybridized carbons (Fsp3) is 1.00. The van der Waals surface area contributed by atoms with Gasteiger partial charge in [0.05, 0.1) is 5.16 Å². The molecule has 0 aliphatic rings. The molecule has 0 fully saturated rings. The SMILES string of the molecule is CCCCCCCCCCCCC(CCCCCCCCCCC)(CCCCCCCCCCCC)P(=O)(O)O. The van der Waals surface area contributed by atoms with Crippen molar-refractivity contribution in [3.8, 4) is 0 Å². The molecule has 0 amide bonds. The van der Waals surface area contributed by atoms with Crippen molar-refractivity contribution in [3.05, 3.63) is 0 Å². The van der Waals surface area contributed by atoms with Gasteiger partial charge in [0.25, 0.3) is 0 Å². The van der Waals surface area contributed by atoms with Crippen LogP contribution in [0.4, 0.5) is 0 Å². The number of hydrogen-bond acceptors (Lipinski definition) is 1. The fourth-order valence-electron chi connectivity index (χ4n) is 6.46. The molecule has 0 aliphatic heterocycles. The molecule has 0 atom stereocenters. The van der Waals surface area contributed by atoms with Crippen LogP contribution in [0.15, 0.2) is 0 Å². The molecule has 0 radical (unpaired) electrons. The number of hydrogen-bond donors (Lipinski definition) is 2. The minimum Gasteiger partial charge on any atom is -0.324 e. The van der Waals surface area contributed by atoms with E-state index in [1.807, 2.05) is 0 Å². The lowest BCUT2D eigenvalue weighted by Crippen LogP contribution is -2.29. The van der Waals surface area contributed by atoms with Crippen molar-refractivity contribution in [2.75, 3.05) is 0 Å². The monoisotopic (exact) mass is 587 g/mol. The van der Waals surface area contributed by atoms with Crippen molar-refractivity contribution < 1.29 is 14.4 Å². The predicted molar refractivity (Wildman–Crippen MR) is 180 cm³/mol. The second-order valence-electron chi connectivity index (χ2n) is 13.2. The van der Waals surface area contributed by atoms with Gasteiger partial charge in [-0.15, -0.1) is 0 Å². The summed E-state index contributed by atoms with van der Waals surface area (Å²) in [5.41, 5.74) is 0. The van der Waals surface area contributed by atoms with Crippen molar-refractivity contribution in [2.24, 2.45) is 0 Å². The van der Waals surface area contributed by atoms with Gasteiger partial charge in [-0.3, -0.25) is 4.57 Å². The summed E-state index contributed by atoms with van der Waals surface area (Å²) >= 11 is 0. The van der Waals surface area contributed by atoms with Crippen LogP contribution in [0.3, 0.4) is 0 Å². The van der Waals surface area contributed by atoms with Gasteiger partial charge < -0.3 is 9.79 Å². The van der Waals surface area contributed by atoms with Crippen molar-refractivity contribution in [2.45, 2.75) is 231 Å². The van der Waals surface area contributed by atoms with Gasteiger partial charge in [0.2, 0.25) is 0 Å². The van der Waals surface area contributed by atoms with E-state index in [0.29, 0.717) is 0 Å². The molecule has 242 valence electrons. The molecule has 0 aliphatic carbocycles. The third-order valence-electron chi connectivity index (χ3n) is 9.35. The van der Waals surface area contributed by atoms with Gasteiger partial charge in [0.15, 0.2) is 0 Å². The average molecular weight is 587 g/mol. The van der Waals surface area contributed by atoms with Gasteiger partial charge in [-0.1, -0.05) is 207 Å². The van der Waals surface area contributed by atoms with E-state index < -0.39 is 12.8 Å². The summed E-state index contributed by atoms with van der Waals surface area (Å²) in [6.45, 7) is 6.80. The van der Waals surface area contributed by atoms with E-state index in [2.05, 4.69) is 20.8 Å². The highest BCUT2D eigenvalue weighted by molar-refractivity contribution is 7.53. The summed E-state index contributed by atoms with van der Waals surface area (Å²) in [5.74, 6) is 0. The quantitative estimate of drug-likeness (QED) is 0.0594. The molecule has 0 spiro atoms. The van der Waals surface area contributed by atoms with Crippen LogP contribution >= 0.6 is 7.60 Å². The van der Waals surface area contributed by atoms with E-state index in [0.717, 1.165) is 57.8 Å². The molecule has 0 aromatic carbocycles. The maximum Gasteiger partial charge on any atom is 0.331 e. The molecule has 0 bridgehead atoms. The zero-order valence-corrected chi connectivity index (χ0v) is 28.8. The van der Waals surface area contributed by atoms with E-state index in [9.17, 15) is 14.4 Å². The molecule has 2 N–H and O–H groups in total. The maximum atomic E-state index is 13.0. The molecule has 0 heterocycles. The topological polar surface area (TPSA) is 57.5 Å². The van der Waals surface area contributed by atoms with Crippen LogP contribution < -0.4 is 0 Å². The average Bonchev–Trinajstić information content (AvgIpc) is 2.93. The summed E-state index contributed by atoms with van der Waals surface area (Å²) in [6.07, 6.45) is 38.9. The normalized spacial score (nSPS) is 12.4. The van der Waals surface area contributed by atoms with Gasteiger partial charge in [-0.25, -0.2) is 0 Å². The number of rotatable bonds is 33. The standard InChI is InChI=1S/C36H75O3P/c1-4-7-10-13-16-19-22-25-28-31-34-36(40(37,38)39,33-30-27-24-21-18-15-12-9-6-3)35-32-29-26-23-20-17-14-11-8-5-2/h4-35H2,1-3H3,(H2,37,38,39). The Hall–Kier alpha value is 0.150. The Kier molecular flexibility index (Phi) is 29.3. The molecule has 0 saturated heterocycles. The molecular formula is C36H75O3P. The first kappa shape index (κ1) is 40.1. The van der Waals surface area contributed by atoms with Crippen LogP contribution in [-0.4, -0.2) is 14.9 Å². The Balaban J connectivity index is 4.57. The molecule has 40 heavy (non-hydrogen) atoms. The van der Waals surface area contributed by atoms with Gasteiger partial charge in [0, 0.05) is 0 Å². The number of unbranched alkanes of at least 4 members (excludes halogenated alkanes) is 26. The van der Waals surface area contributed by atoms with E-state index in [-0.39, 0.29) is 0 Å². The third-order valence-corrected chi connectivity index (χ3v) is 11.3. The van der Waals surface area contributed by atoms with Crippen molar-refractivity contribution in [3.63, 3.8) is 0 Å². The van der Waals surface area contributed by atoms with Crippen molar-refractivity contribution >= 4 is 7.60 Å². The molecule has 3 nitrogen and oxygen atoms in total. The van der Waals surface area contributed by atoms with Crippen LogP contribution in [0.1, 0.15) is 226 Å². The Morgan fingerprint density at radius 1 is 0.350 bits per heavy atom. The van der Waals surface area contributed by atoms with Crippen LogP contribution in [0.25, 0.3) is 0 Å². The Bertz CT molecular complexity index is 520. The molecule has 0 unspecified atom stereocenters. The van der Waals surface area contributed by atoms with E-state index in [4.69, 9.17) is 0 Å². The smallest absolute Gasteiger partial charge is 0.324 e. The predicted octanol–water partition coefficient (Wildman–Crippen LogP) is 13.4. The third kappa shape index (κ3) is 23.7. The Labute approximate surface area is 253 Å². The lowest BCUT2D eigenvalue weighted by molar-refractivity contribution is 0.281. The Morgan fingerprint density at radius 3 is 0.700 bits per heavy atom. The zero-order valence-electron chi connectivity index (χ0n) is 27.9. The lowest BCUT2D eigenvalue weighted by Gasteiger charge is -2.35. The van der Waals surface area contributed by atoms with Gasteiger partial charge >= 0.3 is 7.60 Å². The first-order valence-corrected chi connectivity index (χ1v) is 20.1. The summed E-state index contributed by atoms with van der Waals surface area (Å²) in [7, 11) is -4.14. The van der Waals surface area contributed by atoms with Gasteiger partial charge in [-0.2, -0.15) is 0 Å². The largest absolute Gasteiger partial charge is 0.331 e. The zero-order chi connectivity index (χ0) is 29.6. The maximum absolute atomic E-state index is 13.0. The second kappa shape index (κ2) is 29.2. The molecule has 0 aromatic rings. The molecule has 0 saturated carbocycles. The van der Waals surface area contributed by atoms with Crippen LogP contribution in [-0.2, 0) is 4.57 Å². The van der Waals surface area contributed by atoms with E-state index >= 15 is 0 Å². The summed E-state index contributed by atoms with van der Waals surface area (Å²) in [4.78, 5) is 21.3. The van der Waals surface area contributed by atoms with Crippen molar-refractivity contribution in [1.82, 2.24) is 0 Å². The minimum atomic E-state index is -4.14. The minimum absolute atomic E-state index is 0.724. The van der Waals surface area contributed by atoms with Crippen LogP contribution in [0.5, 0.6) is 0 Å². The van der Waals surface area contributed by atoms with Crippen LogP contribution in [0.2, 0.25) is 0 Å². The van der Waals surface area contributed by atoms with Gasteiger partial charge in [0.1, 0.15) is 0 Å². The molecular weight excluding hydrogens is 511 g/mol. The molecule has 4 heteroatoms. The fourth-order valence-corrected chi connectivity index (χ4v) is 7.81.